The highest BCUT2D eigenvalue weighted by atomic mass is 16.5. The number of hydrogen-bond acceptors (Lipinski definition) is 2. The van der Waals surface area contributed by atoms with Crippen LogP contribution in [0.5, 0.6) is 5.75 Å². The molecule has 0 radical (unpaired) electrons. The van der Waals surface area contributed by atoms with Gasteiger partial charge in [-0.1, -0.05) is 111 Å². The van der Waals surface area contributed by atoms with Gasteiger partial charge in [-0.2, -0.15) is 0 Å². The molecule has 0 aromatic heterocycles. The third-order valence-electron chi connectivity index (χ3n) is 12.5. The lowest BCUT2D eigenvalue weighted by Gasteiger charge is -2.48. The van der Waals surface area contributed by atoms with Gasteiger partial charge in [-0.25, -0.2) is 0 Å². The molecule has 46 heavy (non-hydrogen) atoms. The van der Waals surface area contributed by atoms with Crippen LogP contribution in [0.3, 0.4) is 0 Å². The molecule has 1 aliphatic heterocycles. The van der Waals surface area contributed by atoms with Gasteiger partial charge in [0.05, 0.1) is 0 Å². The van der Waals surface area contributed by atoms with Gasteiger partial charge in [-0.05, 0) is 94.5 Å². The van der Waals surface area contributed by atoms with Gasteiger partial charge in [-0.3, -0.25) is 0 Å². The second-order valence-corrected chi connectivity index (χ2v) is 14.8. The van der Waals surface area contributed by atoms with Crippen molar-refractivity contribution in [1.82, 2.24) is 0 Å². The number of ether oxygens (including phenoxy) is 1. The lowest BCUT2D eigenvalue weighted by molar-refractivity contribution is 0.163. The van der Waals surface area contributed by atoms with Gasteiger partial charge < -0.3 is 9.64 Å². The predicted molar refractivity (Wildman–Crippen MR) is 190 cm³/mol. The molecule has 5 aromatic carbocycles. The van der Waals surface area contributed by atoms with E-state index >= 15 is 0 Å². The fraction of sp³-hybridized carbons (Fsp3) is 0.318. The van der Waals surface area contributed by atoms with E-state index < -0.39 is 5.60 Å². The molecule has 0 bridgehead atoms. The van der Waals surface area contributed by atoms with E-state index in [0.29, 0.717) is 11.8 Å². The van der Waals surface area contributed by atoms with Crippen molar-refractivity contribution in [2.75, 3.05) is 19.0 Å². The molecule has 1 spiro atoms. The third kappa shape index (κ3) is 3.38. The highest BCUT2D eigenvalue weighted by molar-refractivity contribution is 6.11. The maximum absolute atomic E-state index is 7.67. The summed E-state index contributed by atoms with van der Waals surface area (Å²) in [6, 6.07) is 34.4. The second-order valence-electron chi connectivity index (χ2n) is 14.8. The van der Waals surface area contributed by atoms with Gasteiger partial charge in [0.15, 0.2) is 5.60 Å². The fourth-order valence-electron chi connectivity index (χ4n) is 10.5. The highest BCUT2D eigenvalue weighted by Gasteiger charge is 2.50. The zero-order chi connectivity index (χ0) is 30.6. The fourth-order valence-corrected chi connectivity index (χ4v) is 10.5. The highest BCUT2D eigenvalue weighted by Crippen LogP contribution is 2.66. The SMILES string of the molecule is CN(C)c1ccc(C2(c3ccccc3)C=Cc3c4c5c6c(cccc6c3O2)C2(CCCC2)c2cccc(c2-5)C2CCCCC42)cc1. The molecule has 0 N–H and O–H groups in total. The van der Waals surface area contributed by atoms with Crippen molar-refractivity contribution < 1.29 is 4.74 Å². The smallest absolute Gasteiger partial charge is 0.178 e. The maximum atomic E-state index is 7.67. The summed E-state index contributed by atoms with van der Waals surface area (Å²) in [7, 11) is 4.21. The van der Waals surface area contributed by atoms with Crippen LogP contribution in [0.1, 0.15) is 102 Å². The molecule has 2 saturated carbocycles. The quantitative estimate of drug-likeness (QED) is 0.205. The second kappa shape index (κ2) is 9.61. The van der Waals surface area contributed by atoms with Crippen LogP contribution in [0.2, 0.25) is 0 Å². The van der Waals surface area contributed by atoms with Crippen LogP contribution in [-0.4, -0.2) is 14.1 Å². The molecule has 5 aromatic rings. The monoisotopic (exact) mass is 599 g/mol. The summed E-state index contributed by atoms with van der Waals surface area (Å²) in [5, 5.41) is 2.78. The lowest BCUT2D eigenvalue weighted by atomic mass is 9.56. The molecule has 4 aliphatic carbocycles. The van der Waals surface area contributed by atoms with E-state index in [1.165, 1.54) is 79.0 Å². The van der Waals surface area contributed by atoms with Crippen LogP contribution in [0.4, 0.5) is 5.69 Å². The van der Waals surface area contributed by atoms with Crippen LogP contribution in [0.15, 0.2) is 97.1 Å². The molecule has 2 fully saturated rings. The van der Waals surface area contributed by atoms with Gasteiger partial charge >= 0.3 is 0 Å². The van der Waals surface area contributed by atoms with Crippen molar-refractivity contribution in [1.29, 1.82) is 0 Å². The van der Waals surface area contributed by atoms with E-state index in [2.05, 4.69) is 122 Å². The molecule has 3 atom stereocenters. The Balaban J connectivity index is 1.31. The van der Waals surface area contributed by atoms with Crippen LogP contribution in [0, 0.1) is 0 Å². The third-order valence-corrected chi connectivity index (χ3v) is 12.5. The molecule has 0 amide bonds. The number of rotatable bonds is 3. The number of fused-ring (bicyclic) bond motifs is 8. The molecule has 2 nitrogen and oxygen atoms in total. The standard InChI is InChI=1S/C44H41NO/c1-45(2)30-22-20-29(21-23-30)44(28-12-4-3-5-13-28)27-24-35-38-32-15-7-6-14-31(32)33-16-10-18-36-39(33)41(38)40-34(42(35)46-44)17-11-19-37(40)43(36)25-8-9-26-43/h3-5,10-13,16-24,27,31-32H,6-9,14-15,25-26H2,1-2H3. The minimum absolute atomic E-state index is 0.105. The van der Waals surface area contributed by atoms with Crippen molar-refractivity contribution in [2.45, 2.75) is 74.2 Å². The van der Waals surface area contributed by atoms with E-state index in [9.17, 15) is 0 Å². The number of benzene rings is 5. The van der Waals surface area contributed by atoms with E-state index in [-0.39, 0.29) is 5.41 Å². The Morgan fingerprint density at radius 3 is 2.17 bits per heavy atom. The van der Waals surface area contributed by atoms with Crippen molar-refractivity contribution >= 4 is 22.5 Å². The first kappa shape index (κ1) is 26.9. The molecular weight excluding hydrogens is 558 g/mol. The summed E-state index contributed by atoms with van der Waals surface area (Å²) in [6.07, 6.45) is 15.1. The average molecular weight is 600 g/mol. The molecule has 228 valence electrons. The van der Waals surface area contributed by atoms with E-state index in [0.717, 1.165) is 11.3 Å². The lowest BCUT2D eigenvalue weighted by Crippen LogP contribution is -2.36. The van der Waals surface area contributed by atoms with Gasteiger partial charge in [-0.15, -0.1) is 0 Å². The zero-order valence-corrected chi connectivity index (χ0v) is 27.0. The minimum Gasteiger partial charge on any atom is -0.472 e. The van der Waals surface area contributed by atoms with Gasteiger partial charge in [0.1, 0.15) is 5.75 Å². The molecule has 2 heteroatoms. The van der Waals surface area contributed by atoms with E-state index in [1.54, 1.807) is 33.4 Å². The average Bonchev–Trinajstić information content (AvgIpc) is 3.61. The molecule has 3 unspecified atom stereocenters. The summed E-state index contributed by atoms with van der Waals surface area (Å²) < 4.78 is 7.67. The summed E-state index contributed by atoms with van der Waals surface area (Å²) >= 11 is 0. The molecule has 5 aliphatic rings. The predicted octanol–water partition coefficient (Wildman–Crippen LogP) is 10.9. The van der Waals surface area contributed by atoms with Gasteiger partial charge in [0, 0.05) is 47.3 Å². The Labute approximate surface area is 272 Å². The van der Waals surface area contributed by atoms with Crippen LogP contribution >= 0.6 is 0 Å². The Kier molecular flexibility index (Phi) is 5.61. The summed E-state index contributed by atoms with van der Waals surface area (Å²) in [5.41, 5.74) is 13.8. The Morgan fingerprint density at radius 1 is 0.674 bits per heavy atom. The molecular formula is C44H41NO. The molecule has 10 rings (SSSR count). The summed E-state index contributed by atoms with van der Waals surface area (Å²) in [4.78, 5) is 2.16. The Bertz CT molecular complexity index is 2060. The van der Waals surface area contributed by atoms with Crippen LogP contribution in [-0.2, 0) is 11.0 Å². The summed E-state index contributed by atoms with van der Waals surface area (Å²) in [5.74, 6) is 2.21. The summed E-state index contributed by atoms with van der Waals surface area (Å²) in [6.45, 7) is 0. The molecule has 0 saturated heterocycles. The minimum atomic E-state index is -0.713. The van der Waals surface area contributed by atoms with Crippen molar-refractivity contribution in [3.05, 3.63) is 136 Å². The first-order valence-electron chi connectivity index (χ1n) is 17.6. The number of hydrogen-bond donors (Lipinski definition) is 0. The van der Waals surface area contributed by atoms with Crippen molar-refractivity contribution in [2.24, 2.45) is 0 Å². The van der Waals surface area contributed by atoms with E-state index in [1.807, 2.05) is 0 Å². The Hall–Kier alpha value is -4.30. The topological polar surface area (TPSA) is 12.5 Å². The Morgan fingerprint density at radius 2 is 1.39 bits per heavy atom. The number of anilines is 1. The van der Waals surface area contributed by atoms with Crippen molar-refractivity contribution in [3.8, 4) is 16.9 Å². The van der Waals surface area contributed by atoms with Crippen molar-refractivity contribution in [3.63, 3.8) is 0 Å². The van der Waals surface area contributed by atoms with Crippen LogP contribution in [0.25, 0.3) is 28.0 Å². The maximum Gasteiger partial charge on any atom is 0.178 e. The number of nitrogens with zero attached hydrogens (tertiary/aromatic N) is 1. The first-order chi connectivity index (χ1) is 22.6. The van der Waals surface area contributed by atoms with Gasteiger partial charge in [0.2, 0.25) is 0 Å². The zero-order valence-electron chi connectivity index (χ0n) is 27.0. The normalized spacial score (nSPS) is 24.4. The van der Waals surface area contributed by atoms with Gasteiger partial charge in [0.25, 0.3) is 0 Å². The van der Waals surface area contributed by atoms with E-state index in [4.69, 9.17) is 4.74 Å². The first-order valence-corrected chi connectivity index (χ1v) is 17.6. The largest absolute Gasteiger partial charge is 0.472 e. The van der Waals surface area contributed by atoms with Crippen LogP contribution < -0.4 is 9.64 Å². The molecule has 1 heterocycles.